The maximum atomic E-state index is 12.0. The summed E-state index contributed by atoms with van der Waals surface area (Å²) in [5.41, 5.74) is 0.601. The first-order valence-corrected chi connectivity index (χ1v) is 6.55. The molecule has 0 aliphatic carbocycles. The van der Waals surface area contributed by atoms with Crippen molar-refractivity contribution in [2.45, 2.75) is 12.7 Å². The van der Waals surface area contributed by atoms with Crippen LogP contribution in [0.4, 0.5) is 19.1 Å². The summed E-state index contributed by atoms with van der Waals surface area (Å²) in [5.74, 6) is -1.37. The number of alkyl halides is 3. The minimum atomic E-state index is -4.42. The van der Waals surface area contributed by atoms with Gasteiger partial charge in [-0.3, -0.25) is 14.9 Å². The number of ether oxygens (including phenoxy) is 1. The smallest absolute Gasteiger partial charge is 0.433 e. The van der Waals surface area contributed by atoms with Gasteiger partial charge in [0.25, 0.3) is 5.91 Å². The molecular formula is C14H11F3N2O5. The summed E-state index contributed by atoms with van der Waals surface area (Å²) in [4.78, 5) is 21.5. The van der Waals surface area contributed by atoms with Crippen molar-refractivity contribution < 1.29 is 32.0 Å². The van der Waals surface area contributed by atoms with Gasteiger partial charge in [0.05, 0.1) is 6.07 Å². The van der Waals surface area contributed by atoms with Gasteiger partial charge < -0.3 is 14.5 Å². The van der Waals surface area contributed by atoms with E-state index in [0.717, 1.165) is 6.07 Å². The quantitative estimate of drug-likeness (QED) is 0.642. The number of halogens is 3. The van der Waals surface area contributed by atoms with Crippen LogP contribution < -0.4 is 10.1 Å². The molecule has 128 valence electrons. The number of carbonyl (C=O) groups excluding carboxylic acids is 1. The fourth-order valence-corrected chi connectivity index (χ4v) is 1.69. The lowest BCUT2D eigenvalue weighted by Crippen LogP contribution is -2.22. The third kappa shape index (κ3) is 5.00. The molecule has 24 heavy (non-hydrogen) atoms. The summed E-state index contributed by atoms with van der Waals surface area (Å²) in [7, 11) is 0. The van der Waals surface area contributed by atoms with Crippen molar-refractivity contribution in [2.24, 2.45) is 0 Å². The fraction of sp³-hybridized carbons (Fsp3) is 0.214. The Hall–Kier alpha value is -3.04. The summed E-state index contributed by atoms with van der Waals surface area (Å²) in [6, 6.07) is 7.87. The van der Waals surface area contributed by atoms with E-state index in [2.05, 4.69) is 10.1 Å². The number of nitro groups is 1. The molecule has 0 saturated carbocycles. The Kier molecular flexibility index (Phi) is 5.07. The molecule has 2 rings (SSSR count). The van der Waals surface area contributed by atoms with Gasteiger partial charge >= 0.3 is 12.1 Å². The van der Waals surface area contributed by atoms with E-state index in [1.165, 1.54) is 30.3 Å². The Morgan fingerprint density at radius 3 is 2.42 bits per heavy atom. The molecule has 0 bridgehead atoms. The van der Waals surface area contributed by atoms with Crippen LogP contribution in [0.1, 0.15) is 16.1 Å². The van der Waals surface area contributed by atoms with Crippen LogP contribution in [0.3, 0.4) is 0 Å². The fourth-order valence-electron chi connectivity index (χ4n) is 1.69. The highest BCUT2D eigenvalue weighted by molar-refractivity contribution is 5.91. The Morgan fingerprint density at radius 1 is 1.21 bits per heavy atom. The first-order valence-electron chi connectivity index (χ1n) is 6.55. The van der Waals surface area contributed by atoms with Gasteiger partial charge in [0.1, 0.15) is 10.7 Å². The van der Waals surface area contributed by atoms with Gasteiger partial charge in [-0.05, 0) is 23.8 Å². The van der Waals surface area contributed by atoms with Crippen molar-refractivity contribution >= 4 is 11.8 Å². The third-order valence-electron chi connectivity index (χ3n) is 2.77. The molecule has 10 heteroatoms. The minimum absolute atomic E-state index is 0.0454. The van der Waals surface area contributed by atoms with Crippen LogP contribution in [0.15, 0.2) is 40.8 Å². The lowest BCUT2D eigenvalue weighted by Gasteiger charge is -2.09. The molecule has 1 aromatic carbocycles. The Balaban J connectivity index is 1.87. The van der Waals surface area contributed by atoms with Crippen molar-refractivity contribution in [1.29, 1.82) is 0 Å². The number of hydrogen-bond donors (Lipinski definition) is 1. The normalized spacial score (nSPS) is 11.1. The largest absolute Gasteiger partial charge is 0.484 e. The van der Waals surface area contributed by atoms with Crippen molar-refractivity contribution in [3.8, 4) is 5.75 Å². The Labute approximate surface area is 133 Å². The molecule has 1 amide bonds. The summed E-state index contributed by atoms with van der Waals surface area (Å²) in [6.07, 6.45) is -4.42. The Bertz CT molecular complexity index is 725. The molecule has 1 heterocycles. The van der Waals surface area contributed by atoms with Crippen molar-refractivity contribution in [3.05, 3.63) is 57.8 Å². The van der Waals surface area contributed by atoms with Crippen molar-refractivity contribution in [2.75, 3.05) is 6.61 Å². The van der Waals surface area contributed by atoms with Gasteiger partial charge in [-0.2, -0.15) is 13.2 Å². The number of furan rings is 1. The summed E-state index contributed by atoms with van der Waals surface area (Å²) < 4.78 is 45.4. The number of benzene rings is 1. The molecular weight excluding hydrogens is 333 g/mol. The first kappa shape index (κ1) is 17.3. The summed E-state index contributed by atoms with van der Waals surface area (Å²) in [5, 5.41) is 12.9. The molecule has 0 spiro atoms. The second-order valence-electron chi connectivity index (χ2n) is 4.63. The van der Waals surface area contributed by atoms with E-state index in [1.807, 2.05) is 0 Å². The molecule has 0 aliphatic heterocycles. The van der Waals surface area contributed by atoms with Gasteiger partial charge in [-0.1, -0.05) is 12.1 Å². The number of carbonyl (C=O) groups is 1. The van der Waals surface area contributed by atoms with E-state index >= 15 is 0 Å². The second-order valence-corrected chi connectivity index (χ2v) is 4.63. The lowest BCUT2D eigenvalue weighted by atomic mass is 10.2. The number of hydrogen-bond acceptors (Lipinski definition) is 5. The molecule has 1 N–H and O–H groups in total. The highest BCUT2D eigenvalue weighted by Crippen LogP contribution is 2.19. The van der Waals surface area contributed by atoms with E-state index < -0.39 is 29.5 Å². The number of nitrogens with zero attached hydrogens (tertiary/aromatic N) is 1. The second kappa shape index (κ2) is 7.02. The minimum Gasteiger partial charge on any atom is -0.484 e. The van der Waals surface area contributed by atoms with Crippen LogP contribution in [0.2, 0.25) is 0 Å². The van der Waals surface area contributed by atoms with Crippen LogP contribution in [-0.2, 0) is 6.54 Å². The van der Waals surface area contributed by atoms with Gasteiger partial charge in [0, 0.05) is 6.54 Å². The van der Waals surface area contributed by atoms with Gasteiger partial charge in [0.15, 0.2) is 12.4 Å². The lowest BCUT2D eigenvalue weighted by molar-refractivity contribution is -0.402. The molecule has 0 aliphatic rings. The summed E-state index contributed by atoms with van der Waals surface area (Å²) in [6.45, 7) is -1.33. The van der Waals surface area contributed by atoms with E-state index in [4.69, 9.17) is 4.42 Å². The van der Waals surface area contributed by atoms with Crippen LogP contribution in [0.5, 0.6) is 5.75 Å². The first-order chi connectivity index (χ1) is 11.2. The zero-order chi connectivity index (χ0) is 17.7. The predicted octanol–water partition coefficient (Wildman–Crippen LogP) is 3.06. The predicted molar refractivity (Wildman–Crippen MR) is 74.5 cm³/mol. The van der Waals surface area contributed by atoms with Crippen LogP contribution >= 0.6 is 0 Å². The molecule has 0 unspecified atom stereocenters. The topological polar surface area (TPSA) is 94.6 Å². The average molecular weight is 344 g/mol. The zero-order valence-electron chi connectivity index (χ0n) is 12.0. The average Bonchev–Trinajstić information content (AvgIpc) is 3.01. The monoisotopic (exact) mass is 344 g/mol. The highest BCUT2D eigenvalue weighted by atomic mass is 19.4. The molecule has 2 aromatic rings. The SMILES string of the molecule is O=C(NCc1ccc(OCC(F)(F)F)cc1)c1ccc([N+](=O)[O-])o1. The molecule has 0 saturated heterocycles. The van der Waals surface area contributed by atoms with E-state index in [1.54, 1.807) is 0 Å². The zero-order valence-corrected chi connectivity index (χ0v) is 12.0. The van der Waals surface area contributed by atoms with Gasteiger partial charge in [-0.15, -0.1) is 0 Å². The summed E-state index contributed by atoms with van der Waals surface area (Å²) >= 11 is 0. The maximum absolute atomic E-state index is 12.0. The molecule has 1 aromatic heterocycles. The molecule has 7 nitrogen and oxygen atoms in total. The molecule has 0 fully saturated rings. The molecule has 0 radical (unpaired) electrons. The van der Waals surface area contributed by atoms with Crippen LogP contribution in [0, 0.1) is 10.1 Å². The number of amides is 1. The van der Waals surface area contributed by atoms with Crippen molar-refractivity contribution in [1.82, 2.24) is 5.32 Å². The van der Waals surface area contributed by atoms with E-state index in [-0.39, 0.29) is 18.1 Å². The highest BCUT2D eigenvalue weighted by Gasteiger charge is 2.28. The molecule has 0 atom stereocenters. The van der Waals surface area contributed by atoms with Gasteiger partial charge in [-0.25, -0.2) is 0 Å². The third-order valence-corrected chi connectivity index (χ3v) is 2.77. The van der Waals surface area contributed by atoms with Crippen molar-refractivity contribution in [3.63, 3.8) is 0 Å². The van der Waals surface area contributed by atoms with E-state index in [0.29, 0.717) is 5.56 Å². The van der Waals surface area contributed by atoms with Gasteiger partial charge in [0.2, 0.25) is 0 Å². The Morgan fingerprint density at radius 2 is 1.88 bits per heavy atom. The van der Waals surface area contributed by atoms with E-state index in [9.17, 15) is 28.1 Å². The standard InChI is InChI=1S/C14H11F3N2O5/c15-14(16,17)8-23-10-3-1-9(2-4-10)7-18-13(20)11-5-6-12(24-11)19(21)22/h1-6H,7-8H2,(H,18,20). The van der Waals surface area contributed by atoms with Crippen LogP contribution in [0.25, 0.3) is 0 Å². The number of nitrogens with one attached hydrogen (secondary N) is 1. The number of rotatable bonds is 6. The van der Waals surface area contributed by atoms with Crippen LogP contribution in [-0.4, -0.2) is 23.6 Å². The maximum Gasteiger partial charge on any atom is 0.433 e.